The molecule has 0 amide bonds. The zero-order valence-electron chi connectivity index (χ0n) is 13.5. The van der Waals surface area contributed by atoms with Crippen LogP contribution in [0.15, 0.2) is 0 Å². The van der Waals surface area contributed by atoms with Crippen LogP contribution in [-0.2, 0) is 126 Å². The Morgan fingerprint density at radius 3 is 0.212 bits per heavy atom. The van der Waals surface area contributed by atoms with E-state index >= 15 is 0 Å². The van der Waals surface area contributed by atoms with Gasteiger partial charge in [0.25, 0.3) is 0 Å². The van der Waals surface area contributed by atoms with E-state index in [1.807, 2.05) is 0 Å². The molecule has 0 heterocycles. The molecule has 0 saturated carbocycles. The van der Waals surface area contributed by atoms with Gasteiger partial charge < -0.3 is 54.6 Å². The van der Waals surface area contributed by atoms with Gasteiger partial charge in [0.05, 0.1) is 0 Å². The van der Waals surface area contributed by atoms with Crippen molar-refractivity contribution in [2.24, 2.45) is 0 Å². The largest absolute Gasteiger partial charge is 4.00 e. The number of rotatable bonds is 0. The normalized spacial score (nSPS) is 10.5. The van der Waals surface area contributed by atoms with E-state index in [0.29, 0.717) is 0 Å². The van der Waals surface area contributed by atoms with Crippen molar-refractivity contribution in [3.8, 4) is 0 Å². The first-order valence-electron chi connectivity index (χ1n) is 4.00. The standard InChI is InChI=1S/3Mo.6H2O4S/c;;;6*1-5(2,3)4/h;;;6*(H2,1,2,3,4)/q3*+4;;;;;;/p-12. The Hall–Kier alpha value is 1.28. The molecule has 33 heavy (non-hydrogen) atoms. The van der Waals surface area contributed by atoms with E-state index in [9.17, 15) is 0 Å². The fourth-order valence-electron chi connectivity index (χ4n) is 0. The molecule has 0 aliphatic rings. The minimum absolute atomic E-state index is 0. The monoisotopic (exact) mass is 869 g/mol. The maximum atomic E-state index is 8.52. The minimum Gasteiger partial charge on any atom is -0.759 e. The summed E-state index contributed by atoms with van der Waals surface area (Å²) in [5, 5.41) is 0. The molecule has 0 unspecified atom stereocenters. The zero-order valence-corrected chi connectivity index (χ0v) is 24.4. The van der Waals surface area contributed by atoms with Gasteiger partial charge in [-0.1, -0.05) is 0 Å². The summed E-state index contributed by atoms with van der Waals surface area (Å²) in [6, 6.07) is 0. The molecule has 24 nitrogen and oxygen atoms in total. The van der Waals surface area contributed by atoms with Crippen molar-refractivity contribution in [2.45, 2.75) is 0 Å². The van der Waals surface area contributed by atoms with Crippen molar-refractivity contribution in [3.05, 3.63) is 0 Å². The fraction of sp³-hybridized carbons (Fsp3) is 0. The minimum atomic E-state index is -5.17. The van der Waals surface area contributed by atoms with Crippen LogP contribution in [0.3, 0.4) is 0 Å². The first kappa shape index (κ1) is 59.4. The number of hydrogen-bond donors (Lipinski definition) is 0. The van der Waals surface area contributed by atoms with Gasteiger partial charge in [0.15, 0.2) is 0 Å². The summed E-state index contributed by atoms with van der Waals surface area (Å²) in [6.07, 6.45) is 0. The van der Waals surface area contributed by atoms with Crippen LogP contribution < -0.4 is 0 Å². The summed E-state index contributed by atoms with van der Waals surface area (Å²) in [7, 11) is -31.0. The van der Waals surface area contributed by atoms with Crippen molar-refractivity contribution in [1.82, 2.24) is 0 Å². The average Bonchev–Trinajstić information content (AvgIpc) is 1.94. The Labute approximate surface area is 228 Å². The molecule has 198 valence electrons. The smallest absolute Gasteiger partial charge is 0.759 e. The third-order valence-corrected chi connectivity index (χ3v) is 0. The Kier molecular flexibility index (Phi) is 44.9. The summed E-state index contributed by atoms with van der Waals surface area (Å²) in [4.78, 5) is 0. The second-order valence-electron chi connectivity index (χ2n) is 2.45. The van der Waals surface area contributed by atoms with Crippen molar-refractivity contribution in [3.63, 3.8) is 0 Å². The van der Waals surface area contributed by atoms with E-state index in [2.05, 4.69) is 0 Å². The van der Waals surface area contributed by atoms with Gasteiger partial charge in [0.1, 0.15) is 0 Å². The molecule has 0 fully saturated rings. The Bertz CT molecular complexity index is 768. The van der Waals surface area contributed by atoms with Crippen molar-refractivity contribution in [2.75, 3.05) is 0 Å². The van der Waals surface area contributed by atoms with Gasteiger partial charge in [0.2, 0.25) is 0 Å². The molecule has 0 aromatic rings. The summed E-state index contributed by atoms with van der Waals surface area (Å²) >= 11 is 0. The van der Waals surface area contributed by atoms with Crippen LogP contribution in [0.1, 0.15) is 0 Å². The topological polar surface area (TPSA) is 482 Å². The van der Waals surface area contributed by atoms with Gasteiger partial charge in [-0.25, -0.2) is 0 Å². The summed E-state index contributed by atoms with van der Waals surface area (Å²) in [5.41, 5.74) is 0. The summed E-state index contributed by atoms with van der Waals surface area (Å²) in [5.74, 6) is 0. The second-order valence-corrected chi connectivity index (χ2v) is 7.35. The first-order valence-corrected chi connectivity index (χ1v) is 12.0. The van der Waals surface area contributed by atoms with Crippen LogP contribution in [0.25, 0.3) is 0 Å². The van der Waals surface area contributed by atoms with E-state index in [0.717, 1.165) is 0 Å². The Balaban J connectivity index is -0.0000000294. The predicted molar refractivity (Wildman–Crippen MR) is 62.8 cm³/mol. The van der Waals surface area contributed by atoms with Crippen LogP contribution in [-0.4, -0.2) is 105 Å². The van der Waals surface area contributed by atoms with E-state index in [4.69, 9.17) is 105 Å². The Morgan fingerprint density at radius 2 is 0.212 bits per heavy atom. The van der Waals surface area contributed by atoms with Gasteiger partial charge in [0, 0.05) is 62.4 Å². The molecule has 0 N–H and O–H groups in total. The van der Waals surface area contributed by atoms with Crippen LogP contribution in [0.5, 0.6) is 0 Å². The molecule has 0 aromatic heterocycles. The molecule has 0 atom stereocenters. The van der Waals surface area contributed by atoms with Crippen molar-refractivity contribution in [1.29, 1.82) is 0 Å². The molecule has 0 radical (unpaired) electrons. The molecule has 33 heteroatoms. The van der Waals surface area contributed by atoms with Gasteiger partial charge in [-0.15, -0.1) is 0 Å². The van der Waals surface area contributed by atoms with E-state index < -0.39 is 62.4 Å². The Morgan fingerprint density at radius 1 is 0.212 bits per heavy atom. The van der Waals surface area contributed by atoms with Crippen LogP contribution in [0.2, 0.25) is 0 Å². The van der Waals surface area contributed by atoms with Crippen LogP contribution in [0, 0.1) is 0 Å². The average molecular weight is 864 g/mol. The maximum absolute atomic E-state index is 8.52. The zero-order chi connectivity index (χ0) is 27.0. The molecular formula is Mo3O24S6. The molecule has 0 bridgehead atoms. The first-order chi connectivity index (χ1) is 12.0. The van der Waals surface area contributed by atoms with Crippen LogP contribution in [0.4, 0.5) is 0 Å². The predicted octanol–water partition coefficient (Wildman–Crippen LogP) is -8.04. The molecule has 0 aromatic carbocycles. The molecule has 0 spiro atoms. The van der Waals surface area contributed by atoms with Crippen molar-refractivity contribution < 1.29 is 168 Å². The van der Waals surface area contributed by atoms with Crippen molar-refractivity contribution >= 4 is 62.4 Å². The van der Waals surface area contributed by atoms with Crippen LogP contribution >= 0.6 is 0 Å². The summed E-state index contributed by atoms with van der Waals surface area (Å²) < 4.78 is 205. The van der Waals surface area contributed by atoms with Gasteiger partial charge in [-0.05, 0) is 0 Å². The molecule has 0 saturated heterocycles. The van der Waals surface area contributed by atoms with Gasteiger partial charge >= 0.3 is 63.2 Å². The molecule has 0 rings (SSSR count). The quantitative estimate of drug-likeness (QED) is 0.124. The third kappa shape index (κ3) is 19700. The van der Waals surface area contributed by atoms with Gasteiger partial charge in [-0.3, -0.25) is 50.5 Å². The third-order valence-electron chi connectivity index (χ3n) is 0. The second kappa shape index (κ2) is 25.0. The molecular weight excluding hydrogens is 864 g/mol. The van der Waals surface area contributed by atoms with E-state index in [-0.39, 0.29) is 63.2 Å². The van der Waals surface area contributed by atoms with E-state index in [1.165, 1.54) is 0 Å². The molecule has 0 aliphatic carbocycles. The maximum Gasteiger partial charge on any atom is 4.00 e. The fourth-order valence-corrected chi connectivity index (χ4v) is 0. The SMILES string of the molecule is O=S(=O)([O-])[O-].O=S(=O)([O-])[O-].O=S(=O)([O-])[O-].O=S(=O)([O-])[O-].O=S(=O)([O-])[O-].O=S(=O)([O-])[O-].[Mo+4].[Mo+4].[Mo+4]. The van der Waals surface area contributed by atoms with Gasteiger partial charge in [-0.2, -0.15) is 0 Å². The molecule has 0 aliphatic heterocycles. The summed E-state index contributed by atoms with van der Waals surface area (Å²) in [6.45, 7) is 0. The van der Waals surface area contributed by atoms with E-state index in [1.54, 1.807) is 0 Å². The number of hydrogen-bond acceptors (Lipinski definition) is 24.